The number of aromatic nitrogens is 2. The van der Waals surface area contributed by atoms with Crippen molar-refractivity contribution in [2.75, 3.05) is 31.1 Å². The third-order valence-corrected chi connectivity index (χ3v) is 3.44. The van der Waals surface area contributed by atoms with Gasteiger partial charge in [-0.3, -0.25) is 4.98 Å². The van der Waals surface area contributed by atoms with E-state index in [0.29, 0.717) is 0 Å². The van der Waals surface area contributed by atoms with Gasteiger partial charge in [0.25, 0.3) is 0 Å². The van der Waals surface area contributed by atoms with E-state index in [0.717, 1.165) is 44.8 Å². The predicted octanol–water partition coefficient (Wildman–Crippen LogP) is 1.79. The molecule has 3 rings (SSSR count). The number of hydrogen-bond acceptors (Lipinski definition) is 4. The Labute approximate surface area is 110 Å². The number of fused-ring (bicyclic) bond motifs is 1. The van der Waals surface area contributed by atoms with Crippen molar-refractivity contribution in [3.8, 4) is 0 Å². The second kappa shape index (κ2) is 6.69. The Morgan fingerprint density at radius 3 is 2.44 bits per heavy atom. The molecule has 0 saturated carbocycles. The highest BCUT2D eigenvalue weighted by Gasteiger charge is 2.16. The third kappa shape index (κ3) is 2.99. The zero-order valence-corrected chi connectivity index (χ0v) is 11.6. The van der Waals surface area contributed by atoms with Gasteiger partial charge in [-0.1, -0.05) is 13.8 Å². The van der Waals surface area contributed by atoms with Crippen LogP contribution >= 0.6 is 0 Å². The fourth-order valence-electron chi connectivity index (χ4n) is 2.48. The maximum Gasteiger partial charge on any atom is 0.147 e. The molecule has 1 fully saturated rings. The first-order valence-corrected chi connectivity index (χ1v) is 7.24. The average Bonchev–Trinajstić information content (AvgIpc) is 2.50. The van der Waals surface area contributed by atoms with Crippen LogP contribution < -0.4 is 10.2 Å². The van der Waals surface area contributed by atoms with Gasteiger partial charge >= 0.3 is 0 Å². The van der Waals surface area contributed by atoms with Crippen LogP contribution in [0.2, 0.25) is 0 Å². The molecule has 1 saturated heterocycles. The molecule has 1 aromatic rings. The molecule has 0 atom stereocenters. The summed E-state index contributed by atoms with van der Waals surface area (Å²) >= 11 is 0. The highest BCUT2D eigenvalue weighted by atomic mass is 15.2. The van der Waals surface area contributed by atoms with E-state index in [9.17, 15) is 0 Å². The molecule has 100 valence electrons. The minimum atomic E-state index is 1.05. The van der Waals surface area contributed by atoms with Crippen LogP contribution in [0.1, 0.15) is 38.1 Å². The molecule has 0 radical (unpaired) electrons. The molecule has 0 bridgehead atoms. The molecule has 1 aliphatic heterocycles. The van der Waals surface area contributed by atoms with Crippen molar-refractivity contribution in [3.05, 3.63) is 17.6 Å². The summed E-state index contributed by atoms with van der Waals surface area (Å²) in [6.45, 7) is 8.21. The van der Waals surface area contributed by atoms with Gasteiger partial charge in [-0.05, 0) is 25.7 Å². The van der Waals surface area contributed by atoms with Gasteiger partial charge in [0.05, 0.1) is 17.6 Å². The summed E-state index contributed by atoms with van der Waals surface area (Å²) in [6.07, 6.45) is 6.73. The number of rotatable bonds is 1. The van der Waals surface area contributed by atoms with E-state index in [1.807, 2.05) is 20.0 Å². The van der Waals surface area contributed by atoms with Crippen LogP contribution in [0.3, 0.4) is 0 Å². The Kier molecular flexibility index (Phi) is 4.93. The minimum Gasteiger partial charge on any atom is -0.353 e. The Hall–Kier alpha value is -1.16. The Balaban J connectivity index is 0.000000574. The molecule has 1 aromatic heterocycles. The van der Waals surface area contributed by atoms with E-state index in [4.69, 9.17) is 4.98 Å². The van der Waals surface area contributed by atoms with Gasteiger partial charge < -0.3 is 10.2 Å². The lowest BCUT2D eigenvalue weighted by molar-refractivity contribution is 0.579. The summed E-state index contributed by atoms with van der Waals surface area (Å²) in [6, 6.07) is 0. The van der Waals surface area contributed by atoms with Gasteiger partial charge in [0.1, 0.15) is 5.82 Å². The molecule has 2 aliphatic rings. The lowest BCUT2D eigenvalue weighted by Crippen LogP contribution is -2.44. The Morgan fingerprint density at radius 1 is 1.06 bits per heavy atom. The van der Waals surface area contributed by atoms with Crippen LogP contribution in [0, 0.1) is 0 Å². The van der Waals surface area contributed by atoms with Crippen molar-refractivity contribution in [1.29, 1.82) is 0 Å². The van der Waals surface area contributed by atoms with Crippen molar-refractivity contribution >= 4 is 5.82 Å². The molecule has 0 unspecified atom stereocenters. The summed E-state index contributed by atoms with van der Waals surface area (Å²) in [5, 5.41) is 3.36. The lowest BCUT2D eigenvalue weighted by atomic mass is 10.0. The summed E-state index contributed by atoms with van der Waals surface area (Å²) < 4.78 is 0. The van der Waals surface area contributed by atoms with Crippen LogP contribution in [-0.2, 0) is 12.8 Å². The van der Waals surface area contributed by atoms with E-state index in [-0.39, 0.29) is 0 Å². The lowest BCUT2D eigenvalue weighted by Gasteiger charge is -2.29. The van der Waals surface area contributed by atoms with E-state index in [1.165, 1.54) is 24.2 Å². The van der Waals surface area contributed by atoms with Crippen molar-refractivity contribution < 1.29 is 0 Å². The molecule has 2 heterocycles. The van der Waals surface area contributed by atoms with Gasteiger partial charge in [-0.15, -0.1) is 0 Å². The molecular formula is C14H24N4. The van der Waals surface area contributed by atoms with Crippen molar-refractivity contribution in [3.63, 3.8) is 0 Å². The van der Waals surface area contributed by atoms with Crippen LogP contribution in [0.25, 0.3) is 0 Å². The normalized spacial score (nSPS) is 18.7. The summed E-state index contributed by atoms with van der Waals surface area (Å²) in [4.78, 5) is 11.7. The summed E-state index contributed by atoms with van der Waals surface area (Å²) in [7, 11) is 0. The SMILES string of the molecule is CC.c1nc2c(nc1N1CCNCC1)CCCC2. The Morgan fingerprint density at radius 2 is 1.72 bits per heavy atom. The van der Waals surface area contributed by atoms with Gasteiger partial charge in [0, 0.05) is 26.2 Å². The van der Waals surface area contributed by atoms with E-state index in [1.54, 1.807) is 0 Å². The summed E-state index contributed by atoms with van der Waals surface area (Å²) in [5.74, 6) is 1.07. The first-order chi connectivity index (χ1) is 8.93. The average molecular weight is 248 g/mol. The maximum absolute atomic E-state index is 4.77. The molecule has 0 spiro atoms. The third-order valence-electron chi connectivity index (χ3n) is 3.44. The first-order valence-electron chi connectivity index (χ1n) is 7.24. The predicted molar refractivity (Wildman–Crippen MR) is 75.1 cm³/mol. The van der Waals surface area contributed by atoms with Gasteiger partial charge in [0.15, 0.2) is 0 Å². The second-order valence-electron chi connectivity index (χ2n) is 4.57. The maximum atomic E-state index is 4.77. The number of aryl methyl sites for hydroxylation is 2. The van der Waals surface area contributed by atoms with Gasteiger partial charge in [-0.25, -0.2) is 4.98 Å². The monoisotopic (exact) mass is 248 g/mol. The highest BCUT2D eigenvalue weighted by Crippen LogP contribution is 2.20. The number of nitrogens with one attached hydrogen (secondary N) is 1. The number of hydrogen-bond donors (Lipinski definition) is 1. The fraction of sp³-hybridized carbons (Fsp3) is 0.714. The molecule has 0 amide bonds. The zero-order chi connectivity index (χ0) is 12.8. The zero-order valence-electron chi connectivity index (χ0n) is 11.6. The van der Waals surface area contributed by atoms with E-state index < -0.39 is 0 Å². The molecule has 1 N–H and O–H groups in total. The largest absolute Gasteiger partial charge is 0.353 e. The van der Waals surface area contributed by atoms with Crippen molar-refractivity contribution in [2.24, 2.45) is 0 Å². The van der Waals surface area contributed by atoms with Crippen LogP contribution in [0.15, 0.2) is 6.20 Å². The first kappa shape index (κ1) is 13.3. The smallest absolute Gasteiger partial charge is 0.147 e. The number of anilines is 1. The van der Waals surface area contributed by atoms with Crippen molar-refractivity contribution in [1.82, 2.24) is 15.3 Å². The van der Waals surface area contributed by atoms with Crippen LogP contribution in [-0.4, -0.2) is 36.1 Å². The standard InChI is InChI=1S/C12H18N4.C2H6/c1-2-4-11-10(3-1)14-9-12(15-11)16-7-5-13-6-8-16;1-2/h9,13H,1-8H2;1-2H3. The van der Waals surface area contributed by atoms with Crippen LogP contribution in [0.4, 0.5) is 5.82 Å². The van der Waals surface area contributed by atoms with Crippen LogP contribution in [0.5, 0.6) is 0 Å². The topological polar surface area (TPSA) is 41.1 Å². The molecule has 18 heavy (non-hydrogen) atoms. The minimum absolute atomic E-state index is 1.05. The van der Waals surface area contributed by atoms with E-state index >= 15 is 0 Å². The van der Waals surface area contributed by atoms with Gasteiger partial charge in [0.2, 0.25) is 0 Å². The Bertz CT molecular complexity index is 372. The molecular weight excluding hydrogens is 224 g/mol. The molecule has 4 heteroatoms. The second-order valence-corrected chi connectivity index (χ2v) is 4.57. The number of piperazine rings is 1. The fourth-order valence-corrected chi connectivity index (χ4v) is 2.48. The quantitative estimate of drug-likeness (QED) is 0.822. The van der Waals surface area contributed by atoms with E-state index in [2.05, 4.69) is 15.2 Å². The number of nitrogens with zero attached hydrogens (tertiary/aromatic N) is 3. The summed E-state index contributed by atoms with van der Waals surface area (Å²) in [5.41, 5.74) is 2.47. The molecule has 0 aromatic carbocycles. The van der Waals surface area contributed by atoms with Crippen molar-refractivity contribution in [2.45, 2.75) is 39.5 Å². The highest BCUT2D eigenvalue weighted by molar-refractivity contribution is 5.39. The molecule has 4 nitrogen and oxygen atoms in total. The molecule has 1 aliphatic carbocycles. The van der Waals surface area contributed by atoms with Gasteiger partial charge in [-0.2, -0.15) is 0 Å².